The van der Waals surface area contributed by atoms with E-state index in [2.05, 4.69) is 25.6 Å². The lowest BCUT2D eigenvalue weighted by molar-refractivity contribution is 0.582. The van der Waals surface area contributed by atoms with Crippen molar-refractivity contribution in [1.82, 2.24) is 4.98 Å². The van der Waals surface area contributed by atoms with Gasteiger partial charge in [0.05, 0.1) is 5.69 Å². The van der Waals surface area contributed by atoms with Crippen molar-refractivity contribution < 1.29 is 17.2 Å². The van der Waals surface area contributed by atoms with Gasteiger partial charge in [-0.05, 0) is 34.1 Å². The van der Waals surface area contributed by atoms with Gasteiger partial charge >= 0.3 is 0 Å². The topological polar surface area (TPSA) is 62.3 Å². The molecule has 0 amide bonds. The summed E-state index contributed by atoms with van der Waals surface area (Å²) in [7, 11) is -0.828. The summed E-state index contributed by atoms with van der Waals surface area (Å²) in [4.78, 5) is 5.42. The molecule has 1 aromatic carbocycles. The molecule has 5 nitrogen and oxygen atoms in total. The highest BCUT2D eigenvalue weighted by Crippen LogP contribution is 2.27. The molecule has 9 heteroatoms. The number of anilines is 2. The molecule has 1 heterocycles. The van der Waals surface area contributed by atoms with Gasteiger partial charge in [0, 0.05) is 30.8 Å². The molecule has 118 valence electrons. The lowest BCUT2D eigenvalue weighted by atomic mass is 10.3. The number of hydrogen-bond donors (Lipinski definition) is 1. The van der Waals surface area contributed by atoms with Gasteiger partial charge in [0.2, 0.25) is 0 Å². The molecular formula is C13H12BrF2N3O2S. The van der Waals surface area contributed by atoms with E-state index in [0.29, 0.717) is 10.5 Å². The first-order valence-electron chi connectivity index (χ1n) is 6.01. The van der Waals surface area contributed by atoms with Crippen LogP contribution in [0.4, 0.5) is 20.3 Å². The van der Waals surface area contributed by atoms with Crippen LogP contribution < -0.4 is 9.62 Å². The van der Waals surface area contributed by atoms with Gasteiger partial charge < -0.3 is 4.90 Å². The third-order valence-electron chi connectivity index (χ3n) is 2.69. The summed E-state index contributed by atoms with van der Waals surface area (Å²) < 4.78 is 54.0. The highest BCUT2D eigenvalue weighted by atomic mass is 79.9. The zero-order chi connectivity index (χ0) is 16.5. The summed E-state index contributed by atoms with van der Waals surface area (Å²) in [6.07, 6.45) is 1.45. The van der Waals surface area contributed by atoms with Gasteiger partial charge in [0.25, 0.3) is 10.0 Å². The monoisotopic (exact) mass is 391 g/mol. The number of aromatic nitrogens is 1. The summed E-state index contributed by atoms with van der Waals surface area (Å²) in [6.45, 7) is 0. The van der Waals surface area contributed by atoms with Crippen LogP contribution in [-0.2, 0) is 10.0 Å². The number of benzene rings is 1. The third-order valence-corrected chi connectivity index (χ3v) is 4.49. The first-order valence-corrected chi connectivity index (χ1v) is 8.29. The molecule has 0 fully saturated rings. The maximum Gasteiger partial charge on any atom is 0.265 e. The van der Waals surface area contributed by atoms with Crippen LogP contribution in [0, 0.1) is 11.6 Å². The first-order chi connectivity index (χ1) is 10.2. The maximum absolute atomic E-state index is 13.6. The van der Waals surface area contributed by atoms with Crippen molar-refractivity contribution >= 4 is 37.5 Å². The standard InChI is InChI=1S/C13H12BrF2N3O2S/c1-19(2)13-12(5-8(14)7-17-13)22(20,21)18-11-4-3-9(15)6-10(11)16/h3-7,18H,1-2H3. The summed E-state index contributed by atoms with van der Waals surface area (Å²) in [5.74, 6) is -1.60. The Morgan fingerprint density at radius 2 is 1.91 bits per heavy atom. The number of rotatable bonds is 4. The molecule has 0 saturated heterocycles. The Morgan fingerprint density at radius 3 is 2.50 bits per heavy atom. The fourth-order valence-electron chi connectivity index (χ4n) is 1.72. The van der Waals surface area contributed by atoms with E-state index >= 15 is 0 Å². The Hall–Kier alpha value is -1.74. The first kappa shape index (κ1) is 16.6. The molecule has 0 aliphatic carbocycles. The maximum atomic E-state index is 13.6. The van der Waals surface area contributed by atoms with E-state index in [0.717, 1.165) is 12.1 Å². The van der Waals surface area contributed by atoms with Gasteiger partial charge in [-0.25, -0.2) is 22.2 Å². The molecule has 2 rings (SSSR count). The van der Waals surface area contributed by atoms with Gasteiger partial charge in [-0.2, -0.15) is 0 Å². The molecule has 22 heavy (non-hydrogen) atoms. The summed E-state index contributed by atoms with van der Waals surface area (Å²) in [5, 5.41) is 0. The predicted octanol–water partition coefficient (Wildman–Crippen LogP) is 2.99. The van der Waals surface area contributed by atoms with Gasteiger partial charge in [0.1, 0.15) is 22.3 Å². The second-order valence-electron chi connectivity index (χ2n) is 4.60. The summed E-state index contributed by atoms with van der Waals surface area (Å²) in [5.41, 5.74) is -0.342. The minimum absolute atomic E-state index is 0.129. The van der Waals surface area contributed by atoms with Crippen LogP contribution in [0.3, 0.4) is 0 Å². The summed E-state index contributed by atoms with van der Waals surface area (Å²) >= 11 is 3.15. The fraction of sp³-hybridized carbons (Fsp3) is 0.154. The molecule has 2 aromatic rings. The highest BCUT2D eigenvalue weighted by molar-refractivity contribution is 9.10. The second kappa shape index (κ2) is 6.17. The second-order valence-corrected chi connectivity index (χ2v) is 7.17. The van der Waals surface area contributed by atoms with Crippen molar-refractivity contribution in [3.63, 3.8) is 0 Å². The Kier molecular flexibility index (Phi) is 4.66. The lowest BCUT2D eigenvalue weighted by Crippen LogP contribution is -2.20. The van der Waals surface area contributed by atoms with Crippen LogP contribution in [0.5, 0.6) is 0 Å². The molecule has 0 unspecified atom stereocenters. The van der Waals surface area contributed by atoms with Crippen molar-refractivity contribution in [2.45, 2.75) is 4.90 Å². The number of sulfonamides is 1. The van der Waals surface area contributed by atoms with E-state index in [1.54, 1.807) is 14.1 Å². The minimum Gasteiger partial charge on any atom is -0.362 e. The Labute approximate surface area is 135 Å². The van der Waals surface area contributed by atoms with Crippen LogP contribution in [-0.4, -0.2) is 27.5 Å². The van der Waals surface area contributed by atoms with E-state index in [9.17, 15) is 17.2 Å². The largest absolute Gasteiger partial charge is 0.362 e. The number of halogens is 3. The Bertz CT molecular complexity index is 813. The predicted molar refractivity (Wildman–Crippen MR) is 83.4 cm³/mol. The van der Waals surface area contributed by atoms with E-state index in [4.69, 9.17) is 0 Å². The van der Waals surface area contributed by atoms with Crippen LogP contribution in [0.25, 0.3) is 0 Å². The number of pyridine rings is 1. The lowest BCUT2D eigenvalue weighted by Gasteiger charge is -2.17. The molecule has 0 aliphatic heterocycles. The average Bonchev–Trinajstić information content (AvgIpc) is 2.41. The molecule has 0 bridgehead atoms. The van der Waals surface area contributed by atoms with Crippen LogP contribution >= 0.6 is 15.9 Å². The highest BCUT2D eigenvalue weighted by Gasteiger charge is 2.23. The molecule has 0 saturated carbocycles. The molecule has 1 N–H and O–H groups in total. The van der Waals surface area contributed by atoms with Crippen molar-refractivity contribution in [3.05, 3.63) is 46.6 Å². The van der Waals surface area contributed by atoms with E-state index in [-0.39, 0.29) is 16.4 Å². The minimum atomic E-state index is -4.09. The molecule has 0 atom stereocenters. The summed E-state index contributed by atoms with van der Waals surface area (Å²) in [6, 6.07) is 3.94. The van der Waals surface area contributed by atoms with Crippen molar-refractivity contribution in [2.75, 3.05) is 23.7 Å². The zero-order valence-electron chi connectivity index (χ0n) is 11.6. The number of nitrogens with one attached hydrogen (secondary N) is 1. The van der Waals surface area contributed by atoms with E-state index < -0.39 is 21.7 Å². The third kappa shape index (κ3) is 3.53. The van der Waals surface area contributed by atoms with E-state index in [1.165, 1.54) is 17.2 Å². The van der Waals surface area contributed by atoms with Gasteiger partial charge in [-0.15, -0.1) is 0 Å². The Morgan fingerprint density at radius 1 is 1.23 bits per heavy atom. The Balaban J connectivity index is 2.49. The average molecular weight is 392 g/mol. The smallest absolute Gasteiger partial charge is 0.265 e. The van der Waals surface area contributed by atoms with Crippen LogP contribution in [0.15, 0.2) is 39.8 Å². The van der Waals surface area contributed by atoms with Gasteiger partial charge in [-0.1, -0.05) is 0 Å². The van der Waals surface area contributed by atoms with Gasteiger partial charge in [-0.3, -0.25) is 4.72 Å². The SMILES string of the molecule is CN(C)c1ncc(Br)cc1S(=O)(=O)Nc1ccc(F)cc1F. The van der Waals surface area contributed by atoms with Crippen LogP contribution in [0.2, 0.25) is 0 Å². The fourth-order valence-corrected chi connectivity index (χ4v) is 3.52. The van der Waals surface area contributed by atoms with E-state index in [1.807, 2.05) is 0 Å². The molecule has 1 aromatic heterocycles. The molecular weight excluding hydrogens is 380 g/mol. The molecule has 0 spiro atoms. The quantitative estimate of drug-likeness (QED) is 0.869. The van der Waals surface area contributed by atoms with Crippen molar-refractivity contribution in [2.24, 2.45) is 0 Å². The normalized spacial score (nSPS) is 11.3. The van der Waals surface area contributed by atoms with Crippen LogP contribution in [0.1, 0.15) is 0 Å². The zero-order valence-corrected chi connectivity index (χ0v) is 14.0. The van der Waals surface area contributed by atoms with Crippen molar-refractivity contribution in [3.8, 4) is 0 Å². The number of hydrogen-bond acceptors (Lipinski definition) is 4. The number of nitrogens with zero attached hydrogens (tertiary/aromatic N) is 2. The van der Waals surface area contributed by atoms with Gasteiger partial charge in [0.15, 0.2) is 0 Å². The molecule has 0 aliphatic rings. The molecule has 0 radical (unpaired) electrons. The van der Waals surface area contributed by atoms with Crippen molar-refractivity contribution in [1.29, 1.82) is 0 Å².